The number of primary amides is 1. The number of carbonyl (C=O) groups excluding carboxylic acids is 1. The summed E-state index contributed by atoms with van der Waals surface area (Å²) >= 11 is 0. The van der Waals surface area contributed by atoms with Crippen LogP contribution in [-0.2, 0) is 4.79 Å². The summed E-state index contributed by atoms with van der Waals surface area (Å²) in [5.74, 6) is -0.447. The zero-order chi connectivity index (χ0) is 8.15. The van der Waals surface area contributed by atoms with Crippen molar-refractivity contribution in [1.29, 1.82) is 0 Å². The van der Waals surface area contributed by atoms with E-state index in [0.717, 1.165) is 5.57 Å². The molecule has 4 N–H and O–H groups in total. The first kappa shape index (κ1) is 9.17. The largest absolute Gasteiger partial charge is 0.368 e. The van der Waals surface area contributed by atoms with E-state index in [9.17, 15) is 4.79 Å². The van der Waals surface area contributed by atoms with Gasteiger partial charge in [-0.2, -0.15) is 0 Å². The fourth-order valence-corrected chi connectivity index (χ4v) is 0.479. The van der Waals surface area contributed by atoms with Crippen molar-refractivity contribution in [2.75, 3.05) is 0 Å². The van der Waals surface area contributed by atoms with Gasteiger partial charge in [-0.25, -0.2) is 0 Å². The second-order valence-electron chi connectivity index (χ2n) is 2.53. The zero-order valence-corrected chi connectivity index (χ0v) is 6.42. The third-order valence-corrected chi connectivity index (χ3v) is 1.15. The molecule has 58 valence electrons. The third kappa shape index (κ3) is 4.09. The summed E-state index contributed by atoms with van der Waals surface area (Å²) in [4.78, 5) is 10.4. The minimum absolute atomic E-state index is 0.447. The van der Waals surface area contributed by atoms with Crippen molar-refractivity contribution in [3.63, 3.8) is 0 Å². The highest BCUT2D eigenvalue weighted by atomic mass is 16.1. The minimum Gasteiger partial charge on any atom is -0.368 e. The topological polar surface area (TPSA) is 69.1 Å². The molecule has 0 bridgehead atoms. The predicted octanol–water partition coefficient (Wildman–Crippen LogP) is 0.155. The molecule has 1 amide bonds. The first-order valence-corrected chi connectivity index (χ1v) is 3.22. The van der Waals surface area contributed by atoms with E-state index >= 15 is 0 Å². The molecule has 10 heavy (non-hydrogen) atoms. The molecule has 0 aromatic heterocycles. The van der Waals surface area contributed by atoms with Crippen LogP contribution in [0.15, 0.2) is 11.6 Å². The lowest BCUT2D eigenvalue weighted by Gasteiger charge is -2.02. The van der Waals surface area contributed by atoms with E-state index < -0.39 is 11.9 Å². The summed E-state index contributed by atoms with van der Waals surface area (Å²) < 4.78 is 0. The molecule has 0 aliphatic carbocycles. The van der Waals surface area contributed by atoms with E-state index in [2.05, 4.69) is 0 Å². The number of allylic oxidation sites excluding steroid dienone is 1. The molecule has 3 nitrogen and oxygen atoms in total. The van der Waals surface area contributed by atoms with Crippen LogP contribution < -0.4 is 11.5 Å². The molecule has 0 aliphatic rings. The van der Waals surface area contributed by atoms with Crippen molar-refractivity contribution in [3.05, 3.63) is 11.6 Å². The van der Waals surface area contributed by atoms with Crippen LogP contribution in [0.25, 0.3) is 0 Å². The van der Waals surface area contributed by atoms with Gasteiger partial charge in [0.25, 0.3) is 0 Å². The molecule has 0 aliphatic heterocycles. The van der Waals surface area contributed by atoms with Crippen molar-refractivity contribution in [1.82, 2.24) is 0 Å². The molecule has 0 saturated carbocycles. The number of hydrogen-bond acceptors (Lipinski definition) is 2. The van der Waals surface area contributed by atoms with Gasteiger partial charge < -0.3 is 11.5 Å². The second-order valence-corrected chi connectivity index (χ2v) is 2.53. The molecule has 0 saturated heterocycles. The predicted molar refractivity (Wildman–Crippen MR) is 41.2 cm³/mol. The lowest BCUT2D eigenvalue weighted by atomic mass is 10.1. The highest BCUT2D eigenvalue weighted by Crippen LogP contribution is 1.94. The first-order chi connectivity index (χ1) is 4.54. The van der Waals surface area contributed by atoms with Crippen LogP contribution in [0.2, 0.25) is 0 Å². The summed E-state index contributed by atoms with van der Waals surface area (Å²) in [6, 6.07) is -0.533. The lowest BCUT2D eigenvalue weighted by molar-refractivity contribution is -0.119. The Hall–Kier alpha value is -0.830. The SMILES string of the molecule is CC(C)=CCC(N)C(N)=O. The van der Waals surface area contributed by atoms with Gasteiger partial charge in [0.2, 0.25) is 5.91 Å². The maximum atomic E-state index is 10.4. The highest BCUT2D eigenvalue weighted by molar-refractivity contribution is 5.79. The average molecular weight is 142 g/mol. The van der Waals surface area contributed by atoms with Crippen LogP contribution in [0.4, 0.5) is 0 Å². The van der Waals surface area contributed by atoms with E-state index in [4.69, 9.17) is 11.5 Å². The van der Waals surface area contributed by atoms with Gasteiger partial charge in [0.1, 0.15) is 0 Å². The van der Waals surface area contributed by atoms with E-state index in [-0.39, 0.29) is 0 Å². The van der Waals surface area contributed by atoms with Crippen molar-refractivity contribution >= 4 is 5.91 Å². The Labute approximate surface area is 61.1 Å². The average Bonchev–Trinajstić information content (AvgIpc) is 1.82. The summed E-state index contributed by atoms with van der Waals surface area (Å²) in [5.41, 5.74) is 11.4. The fraction of sp³-hybridized carbons (Fsp3) is 0.571. The Morgan fingerprint density at radius 1 is 1.60 bits per heavy atom. The Morgan fingerprint density at radius 3 is 2.40 bits per heavy atom. The Kier molecular flexibility index (Phi) is 3.72. The van der Waals surface area contributed by atoms with Gasteiger partial charge in [-0.3, -0.25) is 4.79 Å². The van der Waals surface area contributed by atoms with Gasteiger partial charge in [0, 0.05) is 0 Å². The van der Waals surface area contributed by atoms with Gasteiger partial charge in [0.05, 0.1) is 6.04 Å². The number of hydrogen-bond donors (Lipinski definition) is 2. The van der Waals surface area contributed by atoms with Crippen LogP contribution in [0.3, 0.4) is 0 Å². The van der Waals surface area contributed by atoms with Crippen LogP contribution in [0.5, 0.6) is 0 Å². The number of carbonyl (C=O) groups is 1. The number of rotatable bonds is 3. The highest BCUT2D eigenvalue weighted by Gasteiger charge is 2.05. The van der Waals surface area contributed by atoms with E-state index in [0.29, 0.717) is 6.42 Å². The molecule has 0 fully saturated rings. The van der Waals surface area contributed by atoms with Crippen molar-refractivity contribution in [2.24, 2.45) is 11.5 Å². The van der Waals surface area contributed by atoms with Crippen LogP contribution in [-0.4, -0.2) is 11.9 Å². The van der Waals surface area contributed by atoms with E-state index in [1.165, 1.54) is 0 Å². The molecule has 0 aromatic carbocycles. The van der Waals surface area contributed by atoms with E-state index in [1.807, 2.05) is 19.9 Å². The van der Waals surface area contributed by atoms with Crippen LogP contribution >= 0.6 is 0 Å². The quantitative estimate of drug-likeness (QED) is 0.551. The first-order valence-electron chi connectivity index (χ1n) is 3.22. The summed E-state index contributed by atoms with van der Waals surface area (Å²) in [6.07, 6.45) is 2.44. The van der Waals surface area contributed by atoms with Gasteiger partial charge in [-0.05, 0) is 20.3 Å². The molecule has 0 spiro atoms. The van der Waals surface area contributed by atoms with Gasteiger partial charge >= 0.3 is 0 Å². The zero-order valence-electron chi connectivity index (χ0n) is 6.42. The number of nitrogens with two attached hydrogens (primary N) is 2. The Morgan fingerprint density at radius 2 is 2.10 bits per heavy atom. The van der Waals surface area contributed by atoms with Gasteiger partial charge in [-0.1, -0.05) is 11.6 Å². The molecular weight excluding hydrogens is 128 g/mol. The maximum absolute atomic E-state index is 10.4. The number of amides is 1. The molecule has 0 radical (unpaired) electrons. The molecule has 3 heteroatoms. The monoisotopic (exact) mass is 142 g/mol. The van der Waals surface area contributed by atoms with E-state index in [1.54, 1.807) is 0 Å². The molecular formula is C7H14N2O. The van der Waals surface area contributed by atoms with Crippen molar-refractivity contribution in [3.8, 4) is 0 Å². The molecule has 0 rings (SSSR count). The summed E-state index contributed by atoms with van der Waals surface area (Å²) in [7, 11) is 0. The standard InChI is InChI=1S/C7H14N2O/c1-5(2)3-4-6(8)7(9)10/h3,6H,4,8H2,1-2H3,(H2,9,10). The Bertz CT molecular complexity index is 148. The molecule has 1 atom stereocenters. The normalized spacial score (nSPS) is 12.3. The smallest absolute Gasteiger partial charge is 0.234 e. The fourth-order valence-electron chi connectivity index (χ4n) is 0.479. The summed E-state index contributed by atoms with van der Waals surface area (Å²) in [6.45, 7) is 3.90. The van der Waals surface area contributed by atoms with Crippen molar-refractivity contribution < 1.29 is 4.79 Å². The summed E-state index contributed by atoms with van der Waals surface area (Å²) in [5, 5.41) is 0. The third-order valence-electron chi connectivity index (χ3n) is 1.15. The second kappa shape index (κ2) is 4.06. The minimum atomic E-state index is -0.533. The van der Waals surface area contributed by atoms with Crippen LogP contribution in [0.1, 0.15) is 20.3 Å². The molecule has 0 aromatic rings. The molecule has 1 unspecified atom stereocenters. The Balaban J connectivity index is 3.70. The van der Waals surface area contributed by atoms with Crippen molar-refractivity contribution in [2.45, 2.75) is 26.3 Å². The maximum Gasteiger partial charge on any atom is 0.234 e. The van der Waals surface area contributed by atoms with Gasteiger partial charge in [-0.15, -0.1) is 0 Å². The van der Waals surface area contributed by atoms with Gasteiger partial charge in [0.15, 0.2) is 0 Å². The van der Waals surface area contributed by atoms with Crippen LogP contribution in [0, 0.1) is 0 Å². The lowest BCUT2D eigenvalue weighted by Crippen LogP contribution is -2.35. The molecule has 0 heterocycles.